The Labute approximate surface area is 156 Å². The van der Waals surface area contributed by atoms with Gasteiger partial charge in [0.25, 0.3) is 5.91 Å². The van der Waals surface area contributed by atoms with Crippen molar-refractivity contribution in [3.8, 4) is 11.5 Å². The van der Waals surface area contributed by atoms with Gasteiger partial charge in [-0.15, -0.1) is 0 Å². The van der Waals surface area contributed by atoms with Crippen LogP contribution in [0, 0.1) is 20.8 Å². The lowest BCUT2D eigenvalue weighted by Crippen LogP contribution is -2.38. The first-order chi connectivity index (χ1) is 12.3. The zero-order valence-electron chi connectivity index (χ0n) is 16.6. The van der Waals surface area contributed by atoms with Gasteiger partial charge in [0.05, 0.1) is 13.2 Å². The molecule has 26 heavy (non-hydrogen) atoms. The van der Waals surface area contributed by atoms with Crippen molar-refractivity contribution in [1.29, 1.82) is 0 Å². The molecule has 0 unspecified atom stereocenters. The number of ether oxygens (including phenoxy) is 2. The van der Waals surface area contributed by atoms with Gasteiger partial charge in [-0.2, -0.15) is 0 Å². The molecule has 0 saturated carbocycles. The summed E-state index contributed by atoms with van der Waals surface area (Å²) in [6, 6.07) is 11.8. The standard InChI is InChI=1S/C22H29NO3/c1-7-20(18-8-10-19(25-6)11-9-18)23-22(24)17(5)26-21-13-14(2)12-15(3)16(21)4/h8-13,17,20H,7H2,1-6H3,(H,23,24)/t17-,20-/m1/s1. The molecule has 2 rings (SSSR count). The monoisotopic (exact) mass is 355 g/mol. The SMILES string of the molecule is CC[C@@H](NC(=O)[C@@H](C)Oc1cc(C)cc(C)c1C)c1ccc(OC)cc1. The lowest BCUT2D eigenvalue weighted by Gasteiger charge is -2.22. The fourth-order valence-electron chi connectivity index (χ4n) is 2.91. The lowest BCUT2D eigenvalue weighted by atomic mass is 10.0. The third kappa shape index (κ3) is 4.78. The first kappa shape index (κ1) is 19.8. The minimum absolute atomic E-state index is 0.0557. The largest absolute Gasteiger partial charge is 0.497 e. The van der Waals surface area contributed by atoms with Gasteiger partial charge in [-0.25, -0.2) is 0 Å². The van der Waals surface area contributed by atoms with Crippen molar-refractivity contribution < 1.29 is 14.3 Å². The van der Waals surface area contributed by atoms with Gasteiger partial charge in [-0.1, -0.05) is 25.1 Å². The highest BCUT2D eigenvalue weighted by atomic mass is 16.5. The smallest absolute Gasteiger partial charge is 0.261 e. The van der Waals surface area contributed by atoms with Crippen LogP contribution < -0.4 is 14.8 Å². The molecule has 4 heteroatoms. The molecular formula is C22H29NO3. The number of amides is 1. The summed E-state index contributed by atoms with van der Waals surface area (Å²) in [6.07, 6.45) is 0.232. The molecule has 2 atom stereocenters. The Morgan fingerprint density at radius 2 is 1.77 bits per heavy atom. The van der Waals surface area contributed by atoms with Crippen molar-refractivity contribution in [2.45, 2.75) is 53.2 Å². The van der Waals surface area contributed by atoms with E-state index in [0.29, 0.717) is 0 Å². The number of benzene rings is 2. The van der Waals surface area contributed by atoms with E-state index in [9.17, 15) is 4.79 Å². The molecule has 4 nitrogen and oxygen atoms in total. The number of hydrogen-bond acceptors (Lipinski definition) is 3. The number of carbonyl (C=O) groups excluding carboxylic acids is 1. The van der Waals surface area contributed by atoms with Gasteiger partial charge < -0.3 is 14.8 Å². The highest BCUT2D eigenvalue weighted by Gasteiger charge is 2.20. The van der Waals surface area contributed by atoms with Crippen LogP contribution in [0.1, 0.15) is 48.6 Å². The molecule has 2 aromatic rings. The average Bonchev–Trinajstić information content (AvgIpc) is 2.63. The van der Waals surface area contributed by atoms with Crippen molar-refractivity contribution in [1.82, 2.24) is 5.32 Å². The summed E-state index contributed by atoms with van der Waals surface area (Å²) in [4.78, 5) is 12.6. The fourth-order valence-corrected chi connectivity index (χ4v) is 2.91. The quantitative estimate of drug-likeness (QED) is 0.786. The molecule has 1 N–H and O–H groups in total. The van der Waals surface area contributed by atoms with Gasteiger partial charge >= 0.3 is 0 Å². The molecule has 0 radical (unpaired) electrons. The second-order valence-corrected chi connectivity index (χ2v) is 6.71. The molecule has 0 aliphatic carbocycles. The first-order valence-corrected chi connectivity index (χ1v) is 9.04. The van der Waals surface area contributed by atoms with E-state index in [-0.39, 0.29) is 11.9 Å². The molecule has 0 saturated heterocycles. The maximum Gasteiger partial charge on any atom is 0.261 e. The molecule has 2 aromatic carbocycles. The Balaban J connectivity index is 2.07. The minimum Gasteiger partial charge on any atom is -0.497 e. The van der Waals surface area contributed by atoms with Crippen LogP contribution in [0.4, 0.5) is 0 Å². The van der Waals surface area contributed by atoms with Crippen LogP contribution in [0.15, 0.2) is 36.4 Å². The third-order valence-electron chi connectivity index (χ3n) is 4.68. The molecule has 0 aromatic heterocycles. The molecule has 140 valence electrons. The van der Waals surface area contributed by atoms with E-state index in [1.165, 1.54) is 0 Å². The number of hydrogen-bond donors (Lipinski definition) is 1. The number of carbonyl (C=O) groups is 1. The fraction of sp³-hybridized carbons (Fsp3) is 0.409. The summed E-state index contributed by atoms with van der Waals surface area (Å²) >= 11 is 0. The van der Waals surface area contributed by atoms with Crippen molar-refractivity contribution in [3.05, 3.63) is 58.7 Å². The summed E-state index contributed by atoms with van der Waals surface area (Å²) in [5, 5.41) is 3.08. The van der Waals surface area contributed by atoms with Crippen LogP contribution in [0.2, 0.25) is 0 Å². The zero-order chi connectivity index (χ0) is 19.3. The van der Waals surface area contributed by atoms with Gasteiger partial charge in [-0.3, -0.25) is 4.79 Å². The Kier molecular flexibility index (Phi) is 6.67. The maximum absolute atomic E-state index is 12.6. The number of nitrogens with one attached hydrogen (secondary N) is 1. The maximum atomic E-state index is 12.6. The number of methoxy groups -OCH3 is 1. The normalized spacial score (nSPS) is 13.0. The zero-order valence-corrected chi connectivity index (χ0v) is 16.6. The van der Waals surface area contributed by atoms with E-state index in [1.54, 1.807) is 14.0 Å². The molecule has 0 bridgehead atoms. The molecular weight excluding hydrogens is 326 g/mol. The highest BCUT2D eigenvalue weighted by Crippen LogP contribution is 2.25. The van der Waals surface area contributed by atoms with Gasteiger partial charge in [0.15, 0.2) is 6.10 Å². The van der Waals surface area contributed by atoms with Crippen LogP contribution in [0.25, 0.3) is 0 Å². The van der Waals surface area contributed by atoms with E-state index in [1.807, 2.05) is 44.2 Å². The summed E-state index contributed by atoms with van der Waals surface area (Å²) in [5.74, 6) is 1.45. The Bertz CT molecular complexity index is 753. The van der Waals surface area contributed by atoms with Crippen LogP contribution in [0.3, 0.4) is 0 Å². The van der Waals surface area contributed by atoms with Crippen molar-refractivity contribution in [2.24, 2.45) is 0 Å². The van der Waals surface area contributed by atoms with Gasteiger partial charge in [0.2, 0.25) is 0 Å². The van der Waals surface area contributed by atoms with Crippen LogP contribution >= 0.6 is 0 Å². The highest BCUT2D eigenvalue weighted by molar-refractivity contribution is 5.81. The number of aryl methyl sites for hydroxylation is 2. The van der Waals surface area contributed by atoms with Gasteiger partial charge in [0.1, 0.15) is 11.5 Å². The first-order valence-electron chi connectivity index (χ1n) is 9.04. The lowest BCUT2D eigenvalue weighted by molar-refractivity contribution is -0.128. The van der Waals surface area contributed by atoms with Crippen molar-refractivity contribution in [2.75, 3.05) is 7.11 Å². The van der Waals surface area contributed by atoms with E-state index in [0.717, 1.165) is 40.2 Å². The van der Waals surface area contributed by atoms with E-state index < -0.39 is 6.10 Å². The average molecular weight is 355 g/mol. The molecule has 0 heterocycles. The van der Waals surface area contributed by atoms with Gasteiger partial charge in [-0.05, 0) is 74.6 Å². The summed E-state index contributed by atoms with van der Waals surface area (Å²) in [6.45, 7) is 9.93. The van der Waals surface area contributed by atoms with Crippen LogP contribution in [-0.2, 0) is 4.79 Å². The van der Waals surface area contributed by atoms with Crippen LogP contribution in [-0.4, -0.2) is 19.1 Å². The van der Waals surface area contributed by atoms with E-state index in [4.69, 9.17) is 9.47 Å². The van der Waals surface area contributed by atoms with E-state index >= 15 is 0 Å². The second kappa shape index (κ2) is 8.75. The van der Waals surface area contributed by atoms with Crippen LogP contribution in [0.5, 0.6) is 11.5 Å². The summed E-state index contributed by atoms with van der Waals surface area (Å²) < 4.78 is 11.1. The van der Waals surface area contributed by atoms with Gasteiger partial charge in [0, 0.05) is 0 Å². The predicted molar refractivity (Wildman–Crippen MR) is 105 cm³/mol. The topological polar surface area (TPSA) is 47.6 Å². The Morgan fingerprint density at radius 3 is 2.35 bits per heavy atom. The molecule has 1 amide bonds. The van der Waals surface area contributed by atoms with Crippen molar-refractivity contribution in [3.63, 3.8) is 0 Å². The molecule has 0 aliphatic heterocycles. The second-order valence-electron chi connectivity index (χ2n) is 6.71. The minimum atomic E-state index is -0.567. The summed E-state index contributed by atoms with van der Waals surface area (Å²) in [7, 11) is 1.64. The predicted octanol–water partition coefficient (Wildman–Crippen LogP) is 4.66. The van der Waals surface area contributed by atoms with Crippen molar-refractivity contribution >= 4 is 5.91 Å². The third-order valence-corrected chi connectivity index (χ3v) is 4.68. The molecule has 0 aliphatic rings. The molecule has 0 spiro atoms. The van der Waals surface area contributed by atoms with E-state index in [2.05, 4.69) is 25.2 Å². The number of rotatable bonds is 7. The Morgan fingerprint density at radius 1 is 1.12 bits per heavy atom. The summed E-state index contributed by atoms with van der Waals surface area (Å²) in [5.41, 5.74) is 4.41. The Hall–Kier alpha value is -2.49. The molecule has 0 fully saturated rings.